The van der Waals surface area contributed by atoms with Crippen LogP contribution in [0.4, 0.5) is 5.69 Å². The molecule has 0 saturated carbocycles. The molecule has 1 aliphatic rings. The van der Waals surface area contributed by atoms with Crippen LogP contribution < -0.4 is 20.3 Å². The van der Waals surface area contributed by atoms with Crippen LogP contribution in [0.2, 0.25) is 0 Å². The zero-order chi connectivity index (χ0) is 25.3. The highest BCUT2D eigenvalue weighted by Gasteiger charge is 2.33. The van der Waals surface area contributed by atoms with Crippen molar-refractivity contribution in [1.82, 2.24) is 10.6 Å². The number of furan rings is 1. The number of nitrogens with one attached hydrogen (secondary N) is 2. The predicted molar refractivity (Wildman–Crippen MR) is 133 cm³/mol. The highest BCUT2D eigenvalue weighted by Crippen LogP contribution is 2.29. The van der Waals surface area contributed by atoms with E-state index in [-0.39, 0.29) is 24.3 Å². The Morgan fingerprint density at radius 3 is 2.44 bits per heavy atom. The summed E-state index contributed by atoms with van der Waals surface area (Å²) < 4.78 is 16.0. The van der Waals surface area contributed by atoms with Gasteiger partial charge in [-0.15, -0.1) is 0 Å². The highest BCUT2D eigenvalue weighted by atomic mass is 16.5. The fourth-order valence-electron chi connectivity index (χ4n) is 4.09. The first-order chi connectivity index (χ1) is 17.6. The summed E-state index contributed by atoms with van der Waals surface area (Å²) in [6, 6.07) is 18.0. The summed E-state index contributed by atoms with van der Waals surface area (Å²) in [6.07, 6.45) is 3.15. The maximum atomic E-state index is 13.6. The molecule has 9 heteroatoms. The van der Waals surface area contributed by atoms with Gasteiger partial charge in [0.2, 0.25) is 11.8 Å². The van der Waals surface area contributed by atoms with Gasteiger partial charge in [-0.1, -0.05) is 30.3 Å². The molecular weight excluding hydrogens is 462 g/mol. The quantitative estimate of drug-likeness (QED) is 0.451. The summed E-state index contributed by atoms with van der Waals surface area (Å²) >= 11 is 0. The van der Waals surface area contributed by atoms with Gasteiger partial charge in [-0.05, 0) is 54.8 Å². The van der Waals surface area contributed by atoms with E-state index in [2.05, 4.69) is 10.6 Å². The van der Waals surface area contributed by atoms with Crippen LogP contribution in [0.25, 0.3) is 0 Å². The molecule has 1 fully saturated rings. The topological polar surface area (TPSA) is 110 Å². The lowest BCUT2D eigenvalue weighted by atomic mass is 10.0. The van der Waals surface area contributed by atoms with Gasteiger partial charge >= 0.3 is 0 Å². The summed E-state index contributed by atoms with van der Waals surface area (Å²) in [5, 5.41) is 5.53. The number of rotatable bonds is 10. The molecule has 1 saturated heterocycles. The van der Waals surface area contributed by atoms with Crippen molar-refractivity contribution >= 4 is 23.4 Å². The molecule has 3 amide bonds. The molecule has 0 spiro atoms. The van der Waals surface area contributed by atoms with Crippen LogP contribution in [0.5, 0.6) is 5.75 Å². The Kier molecular flexibility index (Phi) is 8.36. The SMILES string of the molecule is COc1ccc(N(C(=O)CNC(=O)c2ccco2)[C@@H](C(=O)NC[C@H]2CCCO2)c2ccccc2)cc1. The monoisotopic (exact) mass is 491 g/mol. The van der Waals surface area contributed by atoms with E-state index in [1.54, 1.807) is 49.6 Å². The maximum Gasteiger partial charge on any atom is 0.287 e. The summed E-state index contributed by atoms with van der Waals surface area (Å²) in [7, 11) is 1.55. The number of hydrogen-bond donors (Lipinski definition) is 2. The second kappa shape index (κ2) is 12.0. The number of carbonyl (C=O) groups is 3. The molecule has 2 N–H and O–H groups in total. The Bertz CT molecular complexity index is 1140. The van der Waals surface area contributed by atoms with Crippen LogP contribution in [0.3, 0.4) is 0 Å². The third-order valence-electron chi connectivity index (χ3n) is 5.91. The lowest BCUT2D eigenvalue weighted by Crippen LogP contribution is -2.48. The number of benzene rings is 2. The molecule has 4 rings (SSSR count). The maximum absolute atomic E-state index is 13.6. The molecule has 188 valence electrons. The van der Waals surface area contributed by atoms with Crippen molar-refractivity contribution in [2.24, 2.45) is 0 Å². The van der Waals surface area contributed by atoms with E-state index < -0.39 is 17.9 Å². The highest BCUT2D eigenvalue weighted by molar-refractivity contribution is 6.04. The van der Waals surface area contributed by atoms with E-state index >= 15 is 0 Å². The van der Waals surface area contributed by atoms with Gasteiger partial charge in [0, 0.05) is 18.8 Å². The van der Waals surface area contributed by atoms with Gasteiger partial charge in [-0.2, -0.15) is 0 Å². The van der Waals surface area contributed by atoms with E-state index in [4.69, 9.17) is 13.9 Å². The lowest BCUT2D eigenvalue weighted by Gasteiger charge is -2.32. The van der Waals surface area contributed by atoms with Crippen molar-refractivity contribution in [2.45, 2.75) is 25.0 Å². The standard InChI is InChI=1S/C27H29N3O6/c1-34-21-13-11-20(12-14-21)30(24(31)18-29-26(32)23-10-6-16-36-23)25(19-7-3-2-4-8-19)27(33)28-17-22-9-5-15-35-22/h2-4,6-8,10-14,16,22,25H,5,9,15,17-18H2,1H3,(H,28,33)(H,29,32)/t22-,25-/m1/s1. The van der Waals surface area contributed by atoms with E-state index in [9.17, 15) is 14.4 Å². The third-order valence-corrected chi connectivity index (χ3v) is 5.91. The fraction of sp³-hybridized carbons (Fsp3) is 0.296. The smallest absolute Gasteiger partial charge is 0.287 e. The number of amides is 3. The van der Waals surface area contributed by atoms with Crippen molar-refractivity contribution in [2.75, 3.05) is 31.7 Å². The zero-order valence-electron chi connectivity index (χ0n) is 20.0. The molecule has 36 heavy (non-hydrogen) atoms. The number of carbonyl (C=O) groups excluding carboxylic acids is 3. The summed E-state index contributed by atoms with van der Waals surface area (Å²) in [6.45, 7) is 0.685. The molecule has 0 bridgehead atoms. The average Bonchev–Trinajstić information content (AvgIpc) is 3.64. The molecule has 2 aromatic carbocycles. The molecule has 2 atom stereocenters. The van der Waals surface area contributed by atoms with Crippen molar-refractivity contribution in [1.29, 1.82) is 0 Å². The first kappa shape index (κ1) is 25.0. The Balaban J connectivity index is 1.63. The number of hydrogen-bond acceptors (Lipinski definition) is 6. The minimum atomic E-state index is -0.978. The van der Waals surface area contributed by atoms with Crippen LogP contribution >= 0.6 is 0 Å². The van der Waals surface area contributed by atoms with Gasteiger partial charge in [0.15, 0.2) is 5.76 Å². The second-order valence-corrected chi connectivity index (χ2v) is 8.32. The van der Waals surface area contributed by atoms with Gasteiger partial charge < -0.3 is 24.5 Å². The van der Waals surface area contributed by atoms with Crippen molar-refractivity contribution in [3.63, 3.8) is 0 Å². The van der Waals surface area contributed by atoms with Crippen LogP contribution in [0.15, 0.2) is 77.4 Å². The Labute approximate surface area is 209 Å². The van der Waals surface area contributed by atoms with Crippen LogP contribution in [0, 0.1) is 0 Å². The van der Waals surface area contributed by atoms with Crippen LogP contribution in [-0.4, -0.2) is 50.6 Å². The average molecular weight is 492 g/mol. The minimum Gasteiger partial charge on any atom is -0.497 e. The molecule has 3 aromatic rings. The second-order valence-electron chi connectivity index (χ2n) is 8.32. The molecule has 9 nitrogen and oxygen atoms in total. The van der Waals surface area contributed by atoms with E-state index in [1.807, 2.05) is 18.2 Å². The third kappa shape index (κ3) is 6.11. The van der Waals surface area contributed by atoms with Crippen molar-refractivity contribution < 1.29 is 28.3 Å². The largest absolute Gasteiger partial charge is 0.497 e. The molecule has 1 aromatic heterocycles. The molecule has 2 heterocycles. The van der Waals surface area contributed by atoms with Crippen molar-refractivity contribution in [3.05, 3.63) is 84.3 Å². The minimum absolute atomic E-state index is 0.0527. The fourth-order valence-corrected chi connectivity index (χ4v) is 4.09. The summed E-state index contributed by atoms with van der Waals surface area (Å²) in [5.41, 5.74) is 1.11. The lowest BCUT2D eigenvalue weighted by molar-refractivity contribution is -0.126. The predicted octanol–water partition coefficient (Wildman–Crippen LogP) is 3.09. The van der Waals surface area contributed by atoms with Gasteiger partial charge in [0.1, 0.15) is 11.8 Å². The van der Waals surface area contributed by atoms with E-state index in [1.165, 1.54) is 17.2 Å². The van der Waals surface area contributed by atoms with E-state index in [0.717, 1.165) is 12.8 Å². The Morgan fingerprint density at radius 1 is 1.03 bits per heavy atom. The molecule has 0 unspecified atom stereocenters. The number of anilines is 1. The van der Waals surface area contributed by atoms with E-state index in [0.29, 0.717) is 30.2 Å². The van der Waals surface area contributed by atoms with Gasteiger partial charge in [0.25, 0.3) is 5.91 Å². The van der Waals surface area contributed by atoms with Gasteiger partial charge in [-0.3, -0.25) is 19.3 Å². The van der Waals surface area contributed by atoms with Crippen LogP contribution in [0.1, 0.15) is 35.0 Å². The van der Waals surface area contributed by atoms with Gasteiger partial charge in [0.05, 0.1) is 26.0 Å². The van der Waals surface area contributed by atoms with Crippen molar-refractivity contribution in [3.8, 4) is 5.75 Å². The summed E-state index contributed by atoms with van der Waals surface area (Å²) in [5.74, 6) is -0.648. The number of ether oxygens (including phenoxy) is 2. The Hall–Kier alpha value is -4.11. The first-order valence-electron chi connectivity index (χ1n) is 11.8. The molecule has 0 radical (unpaired) electrons. The summed E-state index contributed by atoms with van der Waals surface area (Å²) in [4.78, 5) is 41.0. The number of methoxy groups -OCH3 is 1. The van der Waals surface area contributed by atoms with Gasteiger partial charge in [-0.25, -0.2) is 0 Å². The normalized spacial score (nSPS) is 15.6. The number of nitrogens with zero attached hydrogens (tertiary/aromatic N) is 1. The first-order valence-corrected chi connectivity index (χ1v) is 11.8. The Morgan fingerprint density at radius 2 is 1.81 bits per heavy atom. The van der Waals surface area contributed by atoms with Crippen LogP contribution in [-0.2, 0) is 14.3 Å². The molecule has 0 aliphatic carbocycles. The zero-order valence-corrected chi connectivity index (χ0v) is 20.0. The molecular formula is C27H29N3O6. The molecule has 1 aliphatic heterocycles.